The number of carbonyl (C=O) groups excluding carboxylic acids is 1. The van der Waals surface area contributed by atoms with Crippen molar-refractivity contribution in [1.82, 2.24) is 14.7 Å². The van der Waals surface area contributed by atoms with E-state index < -0.39 is 0 Å². The monoisotopic (exact) mass is 378 g/mol. The number of aromatic nitrogens is 2. The van der Waals surface area contributed by atoms with Crippen molar-refractivity contribution in [3.05, 3.63) is 65.6 Å². The summed E-state index contributed by atoms with van der Waals surface area (Å²) in [5.41, 5.74) is 9.04. The fourth-order valence-electron chi connectivity index (χ4n) is 3.48. The molecule has 1 aliphatic rings. The topological polar surface area (TPSA) is 81.6 Å². The van der Waals surface area contributed by atoms with Gasteiger partial charge in [-0.05, 0) is 62.4 Å². The van der Waals surface area contributed by atoms with E-state index in [1.54, 1.807) is 12.1 Å². The molecule has 3 aromatic rings. The van der Waals surface area contributed by atoms with E-state index in [1.807, 2.05) is 54.9 Å². The highest BCUT2D eigenvalue weighted by Crippen LogP contribution is 2.39. The molecular weight excluding hydrogens is 352 g/mol. The minimum absolute atomic E-state index is 0.117. The third kappa shape index (κ3) is 3.87. The second-order valence-electron chi connectivity index (χ2n) is 7.87. The van der Waals surface area contributed by atoms with Gasteiger partial charge in [-0.1, -0.05) is 12.1 Å². The van der Waals surface area contributed by atoms with Gasteiger partial charge < -0.3 is 20.2 Å². The Hall–Kier alpha value is -2.86. The fraction of sp³-hybridized carbons (Fsp3) is 0.364. The summed E-state index contributed by atoms with van der Waals surface area (Å²) in [5.74, 6) is 0.995. The van der Waals surface area contributed by atoms with Gasteiger partial charge in [0.05, 0.1) is 11.2 Å². The van der Waals surface area contributed by atoms with Crippen LogP contribution in [-0.2, 0) is 6.61 Å². The van der Waals surface area contributed by atoms with Crippen molar-refractivity contribution >= 4 is 11.6 Å². The zero-order chi connectivity index (χ0) is 19.7. The first kappa shape index (κ1) is 18.5. The Morgan fingerprint density at radius 3 is 2.89 bits per heavy atom. The summed E-state index contributed by atoms with van der Waals surface area (Å²) in [6.45, 7) is 4.85. The van der Waals surface area contributed by atoms with Crippen LogP contribution in [0.15, 0.2) is 48.8 Å². The summed E-state index contributed by atoms with van der Waals surface area (Å²) >= 11 is 0. The number of aryl methyl sites for hydroxylation is 1. The molecule has 0 spiro atoms. The molecule has 2 heterocycles. The molecule has 1 saturated carbocycles. The minimum Gasteiger partial charge on any atom is -0.487 e. The number of nitrogens with two attached hydrogens (primary N) is 1. The van der Waals surface area contributed by atoms with Gasteiger partial charge in [0.25, 0.3) is 5.91 Å². The molecule has 3 N–H and O–H groups in total. The van der Waals surface area contributed by atoms with Crippen LogP contribution in [0.5, 0.6) is 5.75 Å². The van der Waals surface area contributed by atoms with E-state index in [9.17, 15) is 4.79 Å². The van der Waals surface area contributed by atoms with E-state index >= 15 is 0 Å². The van der Waals surface area contributed by atoms with Crippen molar-refractivity contribution in [3.63, 3.8) is 0 Å². The van der Waals surface area contributed by atoms with Crippen molar-refractivity contribution in [2.45, 2.75) is 38.8 Å². The maximum Gasteiger partial charge on any atom is 0.251 e. The number of nitrogens with zero attached hydrogens (tertiary/aromatic N) is 2. The number of ether oxygens (including phenoxy) is 1. The van der Waals surface area contributed by atoms with Crippen molar-refractivity contribution in [2.24, 2.45) is 11.7 Å². The van der Waals surface area contributed by atoms with Crippen molar-refractivity contribution in [1.29, 1.82) is 0 Å². The first-order valence-corrected chi connectivity index (χ1v) is 9.66. The number of hydrogen-bond acceptors (Lipinski definition) is 4. The predicted molar refractivity (Wildman–Crippen MR) is 108 cm³/mol. The molecule has 0 bridgehead atoms. The van der Waals surface area contributed by atoms with Gasteiger partial charge in [0.15, 0.2) is 0 Å². The fourth-order valence-corrected chi connectivity index (χ4v) is 3.48. The molecule has 6 heteroatoms. The standard InChI is InChI=1S/C22H26N4O2/c1-15-6-9-20-24-18(12-26(20)11-15)13-28-19-5-3-4-16(10-19)21(27)25-22(2,14-23)17-7-8-17/h3-6,9-12,17H,7-8,13-14,23H2,1-2H3,(H,25,27). The average Bonchev–Trinajstić information content (AvgIpc) is 3.48. The van der Waals surface area contributed by atoms with Crippen LogP contribution >= 0.6 is 0 Å². The lowest BCUT2D eigenvalue weighted by molar-refractivity contribution is 0.0897. The van der Waals surface area contributed by atoms with E-state index in [1.165, 1.54) is 5.56 Å². The summed E-state index contributed by atoms with van der Waals surface area (Å²) in [6, 6.07) is 11.2. The van der Waals surface area contributed by atoms with Gasteiger partial charge in [-0.2, -0.15) is 0 Å². The Labute approximate surface area is 164 Å². The number of rotatable bonds is 7. The highest BCUT2D eigenvalue weighted by Gasteiger charge is 2.41. The van der Waals surface area contributed by atoms with Crippen LogP contribution in [0, 0.1) is 12.8 Å². The third-order valence-corrected chi connectivity index (χ3v) is 5.43. The normalized spacial score (nSPS) is 16.0. The largest absolute Gasteiger partial charge is 0.487 e. The van der Waals surface area contributed by atoms with Crippen LogP contribution in [0.2, 0.25) is 0 Å². The summed E-state index contributed by atoms with van der Waals surface area (Å²) in [6.07, 6.45) is 6.23. The summed E-state index contributed by atoms with van der Waals surface area (Å²) < 4.78 is 7.87. The molecule has 1 unspecified atom stereocenters. The zero-order valence-electron chi connectivity index (χ0n) is 16.3. The van der Waals surface area contributed by atoms with Gasteiger partial charge in [-0.3, -0.25) is 4.79 Å². The Bertz CT molecular complexity index is 1010. The molecule has 4 rings (SSSR count). The first-order chi connectivity index (χ1) is 13.5. The van der Waals surface area contributed by atoms with Crippen molar-refractivity contribution < 1.29 is 9.53 Å². The molecule has 6 nitrogen and oxygen atoms in total. The van der Waals surface area contributed by atoms with Crippen molar-refractivity contribution in [3.8, 4) is 5.75 Å². The van der Waals surface area contributed by atoms with Crippen LogP contribution in [0.1, 0.15) is 41.4 Å². The second-order valence-corrected chi connectivity index (χ2v) is 7.87. The van der Waals surface area contributed by atoms with Crippen LogP contribution in [0.4, 0.5) is 0 Å². The molecule has 1 amide bonds. The Morgan fingerprint density at radius 2 is 2.14 bits per heavy atom. The number of pyridine rings is 1. The second kappa shape index (κ2) is 7.28. The van der Waals surface area contributed by atoms with E-state index in [4.69, 9.17) is 10.5 Å². The van der Waals surface area contributed by atoms with Crippen LogP contribution in [0.3, 0.4) is 0 Å². The number of imidazole rings is 1. The molecule has 0 radical (unpaired) electrons. The molecule has 1 fully saturated rings. The zero-order valence-corrected chi connectivity index (χ0v) is 16.3. The number of fused-ring (bicyclic) bond motifs is 1. The number of carbonyl (C=O) groups is 1. The first-order valence-electron chi connectivity index (χ1n) is 9.66. The van der Waals surface area contributed by atoms with Crippen LogP contribution in [-0.4, -0.2) is 27.4 Å². The maximum atomic E-state index is 12.7. The highest BCUT2D eigenvalue weighted by atomic mass is 16.5. The summed E-state index contributed by atoms with van der Waals surface area (Å²) in [5, 5.41) is 3.11. The van der Waals surface area contributed by atoms with Crippen molar-refractivity contribution in [2.75, 3.05) is 6.54 Å². The Morgan fingerprint density at radius 1 is 1.32 bits per heavy atom. The summed E-state index contributed by atoms with van der Waals surface area (Å²) in [7, 11) is 0. The van der Waals surface area contributed by atoms with Gasteiger partial charge in [0.1, 0.15) is 18.0 Å². The van der Waals surface area contributed by atoms with E-state index in [2.05, 4.69) is 10.3 Å². The maximum absolute atomic E-state index is 12.7. The summed E-state index contributed by atoms with van der Waals surface area (Å²) in [4.78, 5) is 17.2. The smallest absolute Gasteiger partial charge is 0.251 e. The highest BCUT2D eigenvalue weighted by molar-refractivity contribution is 5.95. The molecule has 28 heavy (non-hydrogen) atoms. The van der Waals surface area contributed by atoms with Crippen LogP contribution < -0.4 is 15.8 Å². The lowest BCUT2D eigenvalue weighted by Gasteiger charge is -2.29. The quantitative estimate of drug-likeness (QED) is 0.662. The SMILES string of the molecule is Cc1ccc2nc(COc3cccc(C(=O)NC(C)(CN)C4CC4)c3)cn2c1. The van der Waals surface area contributed by atoms with Gasteiger partial charge in [0.2, 0.25) is 0 Å². The van der Waals surface area contributed by atoms with E-state index in [-0.39, 0.29) is 11.4 Å². The Balaban J connectivity index is 1.43. The van der Waals surface area contributed by atoms with E-state index in [0.717, 1.165) is 24.2 Å². The minimum atomic E-state index is -0.345. The number of nitrogens with one attached hydrogen (secondary N) is 1. The molecule has 1 atom stereocenters. The Kier molecular flexibility index (Phi) is 4.81. The molecule has 1 aliphatic carbocycles. The van der Waals surface area contributed by atoms with Crippen LogP contribution in [0.25, 0.3) is 5.65 Å². The number of hydrogen-bond donors (Lipinski definition) is 2. The third-order valence-electron chi connectivity index (χ3n) is 5.43. The predicted octanol–water partition coefficient (Wildman–Crippen LogP) is 3.08. The molecule has 2 aromatic heterocycles. The van der Waals surface area contributed by atoms with Gasteiger partial charge >= 0.3 is 0 Å². The average molecular weight is 378 g/mol. The molecular formula is C22H26N4O2. The van der Waals surface area contributed by atoms with Gasteiger partial charge in [-0.25, -0.2) is 4.98 Å². The molecule has 146 valence electrons. The molecule has 0 saturated heterocycles. The van der Waals surface area contributed by atoms with Gasteiger partial charge in [0, 0.05) is 24.5 Å². The number of benzene rings is 1. The van der Waals surface area contributed by atoms with E-state index in [0.29, 0.717) is 30.4 Å². The number of amides is 1. The molecule has 0 aliphatic heterocycles. The van der Waals surface area contributed by atoms with Gasteiger partial charge in [-0.15, -0.1) is 0 Å². The lowest BCUT2D eigenvalue weighted by atomic mass is 9.95. The lowest BCUT2D eigenvalue weighted by Crippen LogP contribution is -2.53. The molecule has 1 aromatic carbocycles.